The maximum atomic E-state index is 5.57. The summed E-state index contributed by atoms with van der Waals surface area (Å²) in [7, 11) is 0. The molecule has 29 heavy (non-hydrogen) atoms. The lowest BCUT2D eigenvalue weighted by Gasteiger charge is -2.27. The molecule has 4 aromatic rings. The zero-order chi connectivity index (χ0) is 19.5. The Hall–Kier alpha value is -2.59. The Morgan fingerprint density at radius 2 is 2.03 bits per heavy atom. The van der Waals surface area contributed by atoms with Crippen LogP contribution in [-0.2, 0) is 12.3 Å². The number of thiophene rings is 1. The van der Waals surface area contributed by atoms with Crippen molar-refractivity contribution in [1.82, 2.24) is 24.9 Å². The first-order valence-corrected chi connectivity index (χ1v) is 11.4. The fourth-order valence-electron chi connectivity index (χ4n) is 3.36. The zero-order valence-corrected chi connectivity index (χ0v) is 17.4. The number of nitrogens with zero attached hydrogens (tertiary/aromatic N) is 6. The third-order valence-electron chi connectivity index (χ3n) is 4.76. The molecule has 10 heteroatoms. The minimum Gasteiger partial charge on any atom is -0.467 e. The summed E-state index contributed by atoms with van der Waals surface area (Å²) in [6, 6.07) is 7.83. The molecule has 0 aromatic carbocycles. The molecule has 0 radical (unpaired) electrons. The number of thioether (sulfide) groups is 1. The Labute approximate surface area is 175 Å². The minimum atomic E-state index is 0.536. The largest absolute Gasteiger partial charge is 0.467 e. The molecule has 1 fully saturated rings. The number of furan rings is 1. The van der Waals surface area contributed by atoms with Gasteiger partial charge in [0.1, 0.15) is 5.76 Å². The van der Waals surface area contributed by atoms with Gasteiger partial charge >= 0.3 is 0 Å². The summed E-state index contributed by atoms with van der Waals surface area (Å²) < 4.78 is 13.1. The predicted molar refractivity (Wildman–Crippen MR) is 111 cm³/mol. The third kappa shape index (κ3) is 4.08. The van der Waals surface area contributed by atoms with Crippen LogP contribution >= 0.6 is 23.1 Å². The Kier molecular flexibility index (Phi) is 5.35. The summed E-state index contributed by atoms with van der Waals surface area (Å²) >= 11 is 3.14. The van der Waals surface area contributed by atoms with E-state index >= 15 is 0 Å². The second-order valence-electron chi connectivity index (χ2n) is 6.77. The number of anilines is 1. The van der Waals surface area contributed by atoms with Gasteiger partial charge in [-0.1, -0.05) is 23.0 Å². The predicted octanol–water partition coefficient (Wildman–Crippen LogP) is 4.31. The van der Waals surface area contributed by atoms with Gasteiger partial charge in [-0.25, -0.2) is 0 Å². The van der Waals surface area contributed by atoms with E-state index in [1.54, 1.807) is 29.4 Å². The third-order valence-corrected chi connectivity index (χ3v) is 6.58. The Morgan fingerprint density at radius 1 is 1.10 bits per heavy atom. The van der Waals surface area contributed by atoms with Gasteiger partial charge in [0.05, 0.1) is 23.4 Å². The van der Waals surface area contributed by atoms with Crippen molar-refractivity contribution >= 4 is 29.0 Å². The van der Waals surface area contributed by atoms with Gasteiger partial charge in [-0.05, 0) is 42.8 Å². The van der Waals surface area contributed by atoms with E-state index in [-0.39, 0.29) is 0 Å². The van der Waals surface area contributed by atoms with Crippen molar-refractivity contribution in [3.05, 3.63) is 47.6 Å². The number of hydrogen-bond acceptors (Lipinski definition) is 9. The molecule has 0 spiro atoms. The quantitative estimate of drug-likeness (QED) is 0.403. The first-order valence-electron chi connectivity index (χ1n) is 9.56. The highest BCUT2D eigenvalue weighted by atomic mass is 32.2. The van der Waals surface area contributed by atoms with Crippen LogP contribution < -0.4 is 4.90 Å². The summed E-state index contributed by atoms with van der Waals surface area (Å²) in [6.45, 7) is 2.61. The van der Waals surface area contributed by atoms with Gasteiger partial charge in [0.25, 0.3) is 0 Å². The topological polar surface area (TPSA) is 86.0 Å². The number of piperidine rings is 1. The van der Waals surface area contributed by atoms with E-state index in [9.17, 15) is 0 Å². The summed E-state index contributed by atoms with van der Waals surface area (Å²) in [5.74, 6) is 3.51. The monoisotopic (exact) mass is 428 g/mol. The molecule has 0 N–H and O–H groups in total. The van der Waals surface area contributed by atoms with E-state index in [2.05, 4.69) is 29.8 Å². The maximum absolute atomic E-state index is 5.57. The molecule has 0 unspecified atom stereocenters. The van der Waals surface area contributed by atoms with Crippen molar-refractivity contribution in [2.75, 3.05) is 18.0 Å². The van der Waals surface area contributed by atoms with Crippen LogP contribution in [0.1, 0.15) is 30.9 Å². The van der Waals surface area contributed by atoms with Crippen molar-refractivity contribution in [3.8, 4) is 10.7 Å². The molecule has 8 nitrogen and oxygen atoms in total. The van der Waals surface area contributed by atoms with Crippen LogP contribution in [0.4, 0.5) is 5.95 Å². The highest BCUT2D eigenvalue weighted by Gasteiger charge is 2.22. The van der Waals surface area contributed by atoms with E-state index in [0.717, 1.165) is 34.8 Å². The fourth-order valence-corrected chi connectivity index (χ4v) is 4.78. The van der Waals surface area contributed by atoms with Crippen molar-refractivity contribution in [2.45, 2.75) is 36.7 Å². The second kappa shape index (κ2) is 8.42. The van der Waals surface area contributed by atoms with E-state index in [4.69, 9.17) is 8.94 Å². The minimum absolute atomic E-state index is 0.536. The number of rotatable bonds is 7. The van der Waals surface area contributed by atoms with Crippen molar-refractivity contribution in [2.24, 2.45) is 0 Å². The average molecular weight is 429 g/mol. The van der Waals surface area contributed by atoms with Gasteiger partial charge in [0.2, 0.25) is 17.7 Å². The van der Waals surface area contributed by atoms with Gasteiger partial charge in [-0.3, -0.25) is 4.57 Å². The Morgan fingerprint density at radius 3 is 2.83 bits per heavy atom. The molecule has 5 heterocycles. The van der Waals surface area contributed by atoms with E-state index in [1.165, 1.54) is 19.3 Å². The molecule has 4 aromatic heterocycles. The maximum Gasteiger partial charge on any atom is 0.237 e. The van der Waals surface area contributed by atoms with Crippen LogP contribution in [0.25, 0.3) is 10.7 Å². The van der Waals surface area contributed by atoms with Gasteiger partial charge in [-0.15, -0.1) is 21.5 Å². The van der Waals surface area contributed by atoms with Gasteiger partial charge in [0.15, 0.2) is 5.16 Å². The summed E-state index contributed by atoms with van der Waals surface area (Å²) in [6.07, 6.45) is 5.33. The molecule has 0 atom stereocenters. The summed E-state index contributed by atoms with van der Waals surface area (Å²) in [5, 5.41) is 15.8. The van der Waals surface area contributed by atoms with Gasteiger partial charge in [0, 0.05) is 13.1 Å². The Balaban J connectivity index is 1.35. The molecule has 0 bridgehead atoms. The molecule has 0 aliphatic carbocycles. The summed E-state index contributed by atoms with van der Waals surface area (Å²) in [4.78, 5) is 7.80. The molecular formula is C19H20N6O2S2. The lowest BCUT2D eigenvalue weighted by atomic mass is 10.1. The van der Waals surface area contributed by atoms with E-state index in [0.29, 0.717) is 24.0 Å². The van der Waals surface area contributed by atoms with Crippen LogP contribution in [0.3, 0.4) is 0 Å². The van der Waals surface area contributed by atoms with Crippen LogP contribution in [-0.4, -0.2) is 38.0 Å². The number of hydrogen-bond donors (Lipinski definition) is 0. The molecule has 1 saturated heterocycles. The van der Waals surface area contributed by atoms with Crippen molar-refractivity contribution in [1.29, 1.82) is 0 Å². The van der Waals surface area contributed by atoms with E-state index in [1.807, 2.05) is 29.6 Å². The number of aromatic nitrogens is 5. The first-order chi connectivity index (χ1) is 14.4. The highest BCUT2D eigenvalue weighted by molar-refractivity contribution is 7.98. The molecule has 1 aliphatic heterocycles. The summed E-state index contributed by atoms with van der Waals surface area (Å²) in [5.41, 5.74) is 0. The average Bonchev–Trinajstić information content (AvgIpc) is 3.55. The van der Waals surface area contributed by atoms with Crippen LogP contribution in [0, 0.1) is 0 Å². The van der Waals surface area contributed by atoms with Crippen molar-refractivity contribution in [3.63, 3.8) is 0 Å². The lowest BCUT2D eigenvalue weighted by molar-refractivity contribution is 0.391. The highest BCUT2D eigenvalue weighted by Crippen LogP contribution is 2.28. The molecule has 5 rings (SSSR count). The normalized spacial score (nSPS) is 14.6. The van der Waals surface area contributed by atoms with Crippen LogP contribution in [0.5, 0.6) is 0 Å². The Bertz CT molecular complexity index is 1040. The smallest absolute Gasteiger partial charge is 0.237 e. The molecule has 150 valence electrons. The van der Waals surface area contributed by atoms with Gasteiger partial charge in [-0.2, -0.15) is 4.98 Å². The lowest BCUT2D eigenvalue weighted by Crippen LogP contribution is -2.32. The molecule has 1 aliphatic rings. The van der Waals surface area contributed by atoms with Gasteiger partial charge < -0.3 is 13.8 Å². The van der Waals surface area contributed by atoms with E-state index < -0.39 is 0 Å². The SMILES string of the molecule is c1coc(Cn2c(SCc3nc(-c4cccs4)no3)nnc2N2CCCCC2)c1. The zero-order valence-electron chi connectivity index (χ0n) is 15.7. The van der Waals surface area contributed by atoms with Crippen molar-refractivity contribution < 1.29 is 8.94 Å². The molecular weight excluding hydrogens is 408 g/mol. The van der Waals surface area contributed by atoms with Crippen LogP contribution in [0.2, 0.25) is 0 Å². The second-order valence-corrected chi connectivity index (χ2v) is 8.66. The molecule has 0 saturated carbocycles. The first kappa shape index (κ1) is 18.4. The molecule has 0 amide bonds. The van der Waals surface area contributed by atoms with Crippen LogP contribution in [0.15, 0.2) is 50.0 Å². The fraction of sp³-hybridized carbons (Fsp3) is 0.368. The standard InChI is InChI=1S/C19H20N6O2S2/c1-2-8-24(9-3-1)18-21-22-19(25(18)12-14-6-4-10-26-14)29-13-16-20-17(23-27-16)15-7-5-11-28-15/h4-7,10-11H,1-3,8-9,12-13H2.